The smallest absolute Gasteiger partial charge is 0.439 e. The van der Waals surface area contributed by atoms with Crippen LogP contribution in [0.1, 0.15) is 0 Å². The summed E-state index contributed by atoms with van der Waals surface area (Å²) in [6.45, 7) is 0.187. The lowest BCUT2D eigenvalue weighted by molar-refractivity contribution is 0.173. The number of halogens is 1. The number of H-pyrrole nitrogens is 1. The van der Waals surface area contributed by atoms with E-state index in [1.54, 1.807) is 12.1 Å². The zero-order chi connectivity index (χ0) is 11.1. The molecule has 7 heteroatoms. The van der Waals surface area contributed by atoms with Crippen molar-refractivity contribution in [2.75, 3.05) is 6.79 Å². The summed E-state index contributed by atoms with van der Waals surface area (Å²) in [7, 11) is 0. The lowest BCUT2D eigenvalue weighted by Gasteiger charge is -2.01. The van der Waals surface area contributed by atoms with Gasteiger partial charge in [0.25, 0.3) is 0 Å². The number of aromatic nitrogens is 2. The maximum absolute atomic E-state index is 10.8. The van der Waals surface area contributed by atoms with Crippen molar-refractivity contribution < 1.29 is 14.0 Å². The molecule has 0 saturated heterocycles. The van der Waals surface area contributed by atoms with Gasteiger partial charge in [-0.1, -0.05) is 5.16 Å². The van der Waals surface area contributed by atoms with Gasteiger partial charge in [0, 0.05) is 5.56 Å². The molecule has 6 nitrogen and oxygen atoms in total. The number of nitrogens with zero attached hydrogens (tertiary/aromatic N) is 1. The summed E-state index contributed by atoms with van der Waals surface area (Å²) in [5.41, 5.74) is 0.682. The molecule has 0 radical (unpaired) electrons. The predicted molar refractivity (Wildman–Crippen MR) is 56.4 cm³/mol. The molecule has 1 aromatic carbocycles. The fourth-order valence-corrected chi connectivity index (χ4v) is 2.01. The van der Waals surface area contributed by atoms with Crippen molar-refractivity contribution in [1.82, 2.24) is 10.1 Å². The van der Waals surface area contributed by atoms with E-state index >= 15 is 0 Å². The van der Waals surface area contributed by atoms with Gasteiger partial charge in [0.15, 0.2) is 17.3 Å². The number of hydrogen-bond acceptors (Lipinski definition) is 5. The first-order valence-electron chi connectivity index (χ1n) is 4.39. The third-order valence-electron chi connectivity index (χ3n) is 2.14. The number of fused-ring (bicyclic) bond motifs is 1. The van der Waals surface area contributed by atoms with E-state index in [4.69, 9.17) is 9.47 Å². The summed E-state index contributed by atoms with van der Waals surface area (Å²) in [5, 5.41) is 3.59. The SMILES string of the molecule is O=c1[nH]c(-c2cc(Br)c3c(c2)OCO3)no1. The summed E-state index contributed by atoms with van der Waals surface area (Å²) in [6.07, 6.45) is 0. The maximum atomic E-state index is 10.8. The van der Waals surface area contributed by atoms with Gasteiger partial charge in [0.1, 0.15) is 0 Å². The number of rotatable bonds is 1. The number of aromatic amines is 1. The largest absolute Gasteiger partial charge is 0.454 e. The highest BCUT2D eigenvalue weighted by atomic mass is 79.9. The van der Waals surface area contributed by atoms with Gasteiger partial charge >= 0.3 is 5.76 Å². The van der Waals surface area contributed by atoms with Crippen LogP contribution >= 0.6 is 15.9 Å². The summed E-state index contributed by atoms with van der Waals surface area (Å²) in [6, 6.07) is 3.49. The van der Waals surface area contributed by atoms with E-state index in [9.17, 15) is 4.79 Å². The van der Waals surface area contributed by atoms with E-state index in [0.29, 0.717) is 22.9 Å². The van der Waals surface area contributed by atoms with Crippen molar-refractivity contribution in [2.45, 2.75) is 0 Å². The molecule has 0 aliphatic carbocycles. The topological polar surface area (TPSA) is 77.4 Å². The van der Waals surface area contributed by atoms with Gasteiger partial charge < -0.3 is 9.47 Å². The van der Waals surface area contributed by atoms with Crippen LogP contribution in [0.5, 0.6) is 11.5 Å². The minimum Gasteiger partial charge on any atom is -0.454 e. The molecule has 16 heavy (non-hydrogen) atoms. The highest BCUT2D eigenvalue weighted by molar-refractivity contribution is 9.10. The second kappa shape index (κ2) is 3.38. The second-order valence-electron chi connectivity index (χ2n) is 3.14. The van der Waals surface area contributed by atoms with Crippen molar-refractivity contribution >= 4 is 15.9 Å². The Labute approximate surface area is 97.3 Å². The van der Waals surface area contributed by atoms with Crippen LogP contribution in [-0.4, -0.2) is 16.9 Å². The molecule has 3 rings (SSSR count). The van der Waals surface area contributed by atoms with Crippen molar-refractivity contribution in [3.05, 3.63) is 27.2 Å². The monoisotopic (exact) mass is 284 g/mol. The number of hydrogen-bond donors (Lipinski definition) is 1. The van der Waals surface area contributed by atoms with Crippen molar-refractivity contribution in [2.24, 2.45) is 0 Å². The minimum atomic E-state index is -0.594. The van der Waals surface area contributed by atoms with E-state index in [-0.39, 0.29) is 6.79 Å². The first-order chi connectivity index (χ1) is 7.74. The molecular weight excluding hydrogens is 280 g/mol. The lowest BCUT2D eigenvalue weighted by Crippen LogP contribution is -1.94. The normalized spacial score (nSPS) is 13.1. The zero-order valence-electron chi connectivity index (χ0n) is 7.82. The van der Waals surface area contributed by atoms with E-state index in [0.717, 1.165) is 4.47 Å². The molecule has 1 aliphatic heterocycles. The van der Waals surface area contributed by atoms with Gasteiger partial charge in [-0.25, -0.2) is 4.79 Å². The first kappa shape index (κ1) is 9.46. The first-order valence-corrected chi connectivity index (χ1v) is 5.19. The van der Waals surface area contributed by atoms with Gasteiger partial charge in [-0.2, -0.15) is 0 Å². The minimum absolute atomic E-state index is 0.187. The molecular formula is C9H5BrN2O4. The fraction of sp³-hybridized carbons (Fsp3) is 0.111. The van der Waals surface area contributed by atoms with Crippen LogP contribution in [0.2, 0.25) is 0 Å². The number of ether oxygens (including phenoxy) is 2. The van der Waals surface area contributed by atoms with Crippen LogP contribution in [0.3, 0.4) is 0 Å². The average Bonchev–Trinajstić information content (AvgIpc) is 2.85. The summed E-state index contributed by atoms with van der Waals surface area (Å²) in [4.78, 5) is 13.3. The fourth-order valence-electron chi connectivity index (χ4n) is 1.46. The summed E-state index contributed by atoms with van der Waals surface area (Å²) < 4.78 is 15.7. The summed E-state index contributed by atoms with van der Waals surface area (Å²) in [5.74, 6) is 1.01. The van der Waals surface area contributed by atoms with Crippen LogP contribution in [0.15, 0.2) is 25.9 Å². The van der Waals surface area contributed by atoms with Gasteiger partial charge in [-0.3, -0.25) is 9.51 Å². The van der Waals surface area contributed by atoms with Crippen LogP contribution in [0.4, 0.5) is 0 Å². The third kappa shape index (κ3) is 1.40. The Kier molecular flexibility index (Phi) is 2.00. The van der Waals surface area contributed by atoms with Gasteiger partial charge in [-0.05, 0) is 28.1 Å². The van der Waals surface area contributed by atoms with E-state index in [1.807, 2.05) is 0 Å². The molecule has 2 aromatic rings. The second-order valence-corrected chi connectivity index (χ2v) is 3.99. The lowest BCUT2D eigenvalue weighted by atomic mass is 10.2. The highest BCUT2D eigenvalue weighted by Crippen LogP contribution is 2.41. The quantitative estimate of drug-likeness (QED) is 0.859. The molecule has 1 N–H and O–H groups in total. The van der Waals surface area contributed by atoms with Gasteiger partial charge in [0.2, 0.25) is 6.79 Å². The Hall–Kier alpha value is -1.76. The molecule has 2 heterocycles. The molecule has 0 atom stereocenters. The Morgan fingerprint density at radius 3 is 3.00 bits per heavy atom. The Morgan fingerprint density at radius 1 is 1.38 bits per heavy atom. The molecule has 0 saturated carbocycles. The van der Waals surface area contributed by atoms with E-state index in [1.165, 1.54) is 0 Å². The predicted octanol–water partition coefficient (Wildman–Crippen LogP) is 1.52. The van der Waals surface area contributed by atoms with Crippen molar-refractivity contribution in [1.29, 1.82) is 0 Å². The molecule has 82 valence electrons. The summed E-state index contributed by atoms with van der Waals surface area (Å²) >= 11 is 3.35. The van der Waals surface area contributed by atoms with Crippen LogP contribution in [0, 0.1) is 0 Å². The van der Waals surface area contributed by atoms with Gasteiger partial charge in [0.05, 0.1) is 4.47 Å². The Balaban J connectivity index is 2.16. The standard InChI is InChI=1S/C9H5BrN2O4/c10-5-1-4(8-11-9(13)16-12-8)2-6-7(5)15-3-14-6/h1-2H,3H2,(H,11,12,13). The molecule has 0 unspecified atom stereocenters. The molecule has 0 amide bonds. The van der Waals surface area contributed by atoms with E-state index in [2.05, 4.69) is 30.6 Å². The van der Waals surface area contributed by atoms with Crippen molar-refractivity contribution in [3.8, 4) is 22.9 Å². The zero-order valence-corrected chi connectivity index (χ0v) is 9.41. The van der Waals surface area contributed by atoms with Crippen LogP contribution < -0.4 is 15.2 Å². The number of nitrogens with one attached hydrogen (secondary N) is 1. The van der Waals surface area contributed by atoms with Crippen LogP contribution in [-0.2, 0) is 0 Å². The molecule has 0 bridgehead atoms. The average molecular weight is 285 g/mol. The third-order valence-corrected chi connectivity index (χ3v) is 2.73. The Morgan fingerprint density at radius 2 is 2.25 bits per heavy atom. The van der Waals surface area contributed by atoms with Crippen molar-refractivity contribution in [3.63, 3.8) is 0 Å². The molecule has 0 spiro atoms. The maximum Gasteiger partial charge on any atom is 0.439 e. The molecule has 1 aliphatic rings. The van der Waals surface area contributed by atoms with Gasteiger partial charge in [-0.15, -0.1) is 0 Å². The molecule has 1 aromatic heterocycles. The Bertz CT molecular complexity index is 604. The number of benzene rings is 1. The molecule has 0 fully saturated rings. The van der Waals surface area contributed by atoms with Crippen LogP contribution in [0.25, 0.3) is 11.4 Å². The van der Waals surface area contributed by atoms with E-state index < -0.39 is 5.76 Å². The highest BCUT2D eigenvalue weighted by Gasteiger charge is 2.19.